The van der Waals surface area contributed by atoms with Gasteiger partial charge in [-0.3, -0.25) is 0 Å². The van der Waals surface area contributed by atoms with E-state index in [9.17, 15) is 8.78 Å². The van der Waals surface area contributed by atoms with Crippen molar-refractivity contribution in [2.45, 2.75) is 26.5 Å². The Labute approximate surface area is 169 Å². The Balaban J connectivity index is 0.00000338. The van der Waals surface area contributed by atoms with Crippen LogP contribution in [0.4, 0.5) is 8.78 Å². The second-order valence-corrected chi connectivity index (χ2v) is 5.59. The van der Waals surface area contributed by atoms with Crippen molar-refractivity contribution >= 4 is 29.9 Å². The van der Waals surface area contributed by atoms with Gasteiger partial charge in [0, 0.05) is 18.7 Å². The van der Waals surface area contributed by atoms with Crippen molar-refractivity contribution in [3.8, 4) is 0 Å². The van der Waals surface area contributed by atoms with Crippen molar-refractivity contribution in [1.82, 2.24) is 10.6 Å². The van der Waals surface area contributed by atoms with Crippen LogP contribution < -0.4 is 10.6 Å². The maximum absolute atomic E-state index is 13.4. The van der Waals surface area contributed by atoms with Crippen LogP contribution in [0.25, 0.3) is 0 Å². The molecule has 0 aliphatic heterocycles. The lowest BCUT2D eigenvalue weighted by molar-refractivity contribution is 0.275. The average Bonchev–Trinajstić information content (AvgIpc) is 2.61. The van der Waals surface area contributed by atoms with Gasteiger partial charge in [0.2, 0.25) is 0 Å². The maximum Gasteiger partial charge on any atom is 0.191 e. The summed E-state index contributed by atoms with van der Waals surface area (Å²) in [6.45, 7) is 3.31. The molecule has 0 aliphatic carbocycles. The molecule has 0 unspecified atom stereocenters. The second kappa shape index (κ2) is 11.8. The molecule has 0 spiro atoms. The summed E-state index contributed by atoms with van der Waals surface area (Å²) in [5, 5.41) is 15.4. The van der Waals surface area contributed by atoms with Crippen molar-refractivity contribution in [3.05, 3.63) is 70.8 Å². The lowest BCUT2D eigenvalue weighted by Crippen LogP contribution is -2.38. The molecule has 0 radical (unpaired) electrons. The second-order valence-electron chi connectivity index (χ2n) is 5.59. The predicted molar refractivity (Wildman–Crippen MR) is 111 cm³/mol. The van der Waals surface area contributed by atoms with E-state index in [1.807, 2.05) is 13.0 Å². The number of guanidine groups is 1. The van der Waals surface area contributed by atoms with Crippen LogP contribution in [0.1, 0.15) is 23.6 Å². The Hall–Kier alpha value is -1.74. The van der Waals surface area contributed by atoms with Gasteiger partial charge in [0.25, 0.3) is 0 Å². The molecule has 2 rings (SSSR count). The molecule has 0 aromatic heterocycles. The molecule has 0 heterocycles. The first kappa shape index (κ1) is 22.3. The zero-order chi connectivity index (χ0) is 18.1. The van der Waals surface area contributed by atoms with E-state index in [-0.39, 0.29) is 42.0 Å². The molecule has 0 bridgehead atoms. The quantitative estimate of drug-likeness (QED) is 0.327. The number of nitrogens with one attached hydrogen (secondary N) is 2. The molecule has 0 aliphatic rings. The van der Waals surface area contributed by atoms with Gasteiger partial charge in [0.05, 0.1) is 13.2 Å². The smallest absolute Gasteiger partial charge is 0.191 e. The highest BCUT2D eigenvalue weighted by Gasteiger charge is 2.03. The summed E-state index contributed by atoms with van der Waals surface area (Å²) < 4.78 is 26.6. The van der Waals surface area contributed by atoms with E-state index in [0.29, 0.717) is 32.0 Å². The summed E-state index contributed by atoms with van der Waals surface area (Å²) in [5.74, 6) is -0.0294. The Kier molecular flexibility index (Phi) is 10.1. The molecule has 7 heteroatoms. The standard InChI is InChI=1S/C19H23F2N3O.HI/c1-2-22-19(23-9-8-14-4-3-5-17(20)11-14)24-12-15-6-7-18(21)16(10-15)13-25;/h3-7,10-11,25H,2,8-9,12-13H2,1H3,(H2,22,23,24);1H. The fraction of sp³-hybridized carbons (Fsp3) is 0.316. The Morgan fingerprint density at radius 3 is 2.58 bits per heavy atom. The minimum atomic E-state index is -0.421. The van der Waals surface area contributed by atoms with Gasteiger partial charge < -0.3 is 15.7 Å². The van der Waals surface area contributed by atoms with Gasteiger partial charge in [0.15, 0.2) is 5.96 Å². The van der Waals surface area contributed by atoms with Crippen molar-refractivity contribution < 1.29 is 13.9 Å². The number of aliphatic hydroxyl groups excluding tert-OH is 1. The van der Waals surface area contributed by atoms with Crippen LogP contribution in [0, 0.1) is 11.6 Å². The normalized spacial score (nSPS) is 11.0. The summed E-state index contributed by atoms with van der Waals surface area (Å²) in [7, 11) is 0. The van der Waals surface area contributed by atoms with Crippen LogP contribution in [0.3, 0.4) is 0 Å². The van der Waals surface area contributed by atoms with E-state index in [1.54, 1.807) is 18.2 Å². The molecule has 0 saturated heterocycles. The van der Waals surface area contributed by atoms with Gasteiger partial charge in [-0.15, -0.1) is 24.0 Å². The summed E-state index contributed by atoms with van der Waals surface area (Å²) in [6, 6.07) is 11.1. The number of halogens is 3. The summed E-state index contributed by atoms with van der Waals surface area (Å²) in [5.41, 5.74) is 1.99. The van der Waals surface area contributed by atoms with Gasteiger partial charge in [-0.1, -0.05) is 18.2 Å². The van der Waals surface area contributed by atoms with Crippen LogP contribution in [-0.4, -0.2) is 24.2 Å². The number of aliphatic hydroxyl groups is 1. The lowest BCUT2D eigenvalue weighted by Gasteiger charge is -2.11. The Bertz CT molecular complexity index is 726. The van der Waals surface area contributed by atoms with Crippen LogP contribution in [0.5, 0.6) is 0 Å². The number of hydrogen-bond acceptors (Lipinski definition) is 2. The first-order chi connectivity index (χ1) is 12.1. The first-order valence-corrected chi connectivity index (χ1v) is 8.27. The van der Waals surface area contributed by atoms with Gasteiger partial charge >= 0.3 is 0 Å². The third kappa shape index (κ3) is 7.25. The molecule has 0 atom stereocenters. The monoisotopic (exact) mass is 475 g/mol. The zero-order valence-electron chi connectivity index (χ0n) is 14.6. The maximum atomic E-state index is 13.4. The van der Waals surface area contributed by atoms with Crippen molar-refractivity contribution in [2.75, 3.05) is 13.1 Å². The molecular formula is C19H24F2IN3O. The molecule has 3 N–H and O–H groups in total. The number of nitrogens with zero attached hydrogens (tertiary/aromatic N) is 1. The minimum Gasteiger partial charge on any atom is -0.392 e. The average molecular weight is 475 g/mol. The van der Waals surface area contributed by atoms with E-state index in [1.165, 1.54) is 18.2 Å². The van der Waals surface area contributed by atoms with Crippen molar-refractivity contribution in [2.24, 2.45) is 4.99 Å². The largest absolute Gasteiger partial charge is 0.392 e. The molecule has 26 heavy (non-hydrogen) atoms. The fourth-order valence-corrected chi connectivity index (χ4v) is 2.38. The van der Waals surface area contributed by atoms with E-state index in [4.69, 9.17) is 5.11 Å². The molecule has 4 nitrogen and oxygen atoms in total. The number of benzene rings is 2. The molecule has 142 valence electrons. The molecule has 0 fully saturated rings. The van der Waals surface area contributed by atoms with Gasteiger partial charge in [-0.25, -0.2) is 13.8 Å². The first-order valence-electron chi connectivity index (χ1n) is 8.27. The fourth-order valence-electron chi connectivity index (χ4n) is 2.38. The number of rotatable bonds is 7. The summed E-state index contributed by atoms with van der Waals surface area (Å²) >= 11 is 0. The summed E-state index contributed by atoms with van der Waals surface area (Å²) in [6.07, 6.45) is 0.674. The lowest BCUT2D eigenvalue weighted by atomic mass is 10.1. The van der Waals surface area contributed by atoms with E-state index < -0.39 is 5.82 Å². The SMILES string of the molecule is CCNC(=NCc1ccc(F)c(CO)c1)NCCc1cccc(F)c1.I. The Morgan fingerprint density at radius 2 is 1.88 bits per heavy atom. The van der Waals surface area contributed by atoms with E-state index in [0.717, 1.165) is 11.1 Å². The highest BCUT2D eigenvalue weighted by Crippen LogP contribution is 2.11. The number of hydrogen-bond donors (Lipinski definition) is 3. The Morgan fingerprint density at radius 1 is 1.08 bits per heavy atom. The topological polar surface area (TPSA) is 56.7 Å². The van der Waals surface area contributed by atoms with Crippen LogP contribution in [0.15, 0.2) is 47.5 Å². The van der Waals surface area contributed by atoms with Crippen molar-refractivity contribution in [3.63, 3.8) is 0 Å². The molecule has 2 aromatic rings. The molecular weight excluding hydrogens is 451 g/mol. The minimum absolute atomic E-state index is 0. The third-order valence-corrected chi connectivity index (χ3v) is 3.64. The molecule has 0 saturated carbocycles. The van der Waals surface area contributed by atoms with Crippen LogP contribution in [0.2, 0.25) is 0 Å². The van der Waals surface area contributed by atoms with Gasteiger partial charge in [-0.05, 0) is 48.7 Å². The highest BCUT2D eigenvalue weighted by molar-refractivity contribution is 14.0. The zero-order valence-corrected chi connectivity index (χ0v) is 17.0. The molecule has 2 aromatic carbocycles. The summed E-state index contributed by atoms with van der Waals surface area (Å²) in [4.78, 5) is 4.45. The number of aliphatic imine (C=N–C) groups is 1. The third-order valence-electron chi connectivity index (χ3n) is 3.64. The van der Waals surface area contributed by atoms with Gasteiger partial charge in [-0.2, -0.15) is 0 Å². The predicted octanol–water partition coefficient (Wildman–Crippen LogP) is 3.37. The van der Waals surface area contributed by atoms with Crippen molar-refractivity contribution in [1.29, 1.82) is 0 Å². The van der Waals surface area contributed by atoms with E-state index in [2.05, 4.69) is 15.6 Å². The van der Waals surface area contributed by atoms with E-state index >= 15 is 0 Å². The van der Waals surface area contributed by atoms with Gasteiger partial charge in [0.1, 0.15) is 11.6 Å². The molecule has 0 amide bonds. The van der Waals surface area contributed by atoms with Crippen LogP contribution >= 0.6 is 24.0 Å². The van der Waals surface area contributed by atoms with Crippen LogP contribution in [-0.2, 0) is 19.6 Å². The highest BCUT2D eigenvalue weighted by atomic mass is 127.